The molecule has 1 aromatic carbocycles. The van der Waals surface area contributed by atoms with Crippen LogP contribution < -0.4 is 5.32 Å². The molecule has 2 N–H and O–H groups in total. The summed E-state index contributed by atoms with van der Waals surface area (Å²) in [5.41, 5.74) is 0.285. The van der Waals surface area contributed by atoms with Crippen LogP contribution in [0.1, 0.15) is 43.7 Å². The average molecular weight is 300 g/mol. The molecule has 1 rings (SSSR count). The first kappa shape index (κ1) is 17.7. The van der Waals surface area contributed by atoms with Gasteiger partial charge in [0.15, 0.2) is 0 Å². The molecule has 5 heteroatoms. The summed E-state index contributed by atoms with van der Waals surface area (Å²) in [5.74, 6) is 0. The Labute approximate surface area is 124 Å². The van der Waals surface area contributed by atoms with Crippen LogP contribution in [0, 0.1) is 5.41 Å². The molecule has 0 radical (unpaired) electrons. The molecule has 1 aromatic rings. The Hall–Kier alpha value is -1.36. The largest absolute Gasteiger partial charge is 0.416 e. The first-order valence-electron chi connectivity index (χ1n) is 7.36. The Morgan fingerprint density at radius 2 is 1.95 bits per heavy atom. The van der Waals surface area contributed by atoms with E-state index in [1.165, 1.54) is 25.3 Å². The van der Waals surface area contributed by atoms with Gasteiger partial charge in [-0.25, -0.2) is 0 Å². The van der Waals surface area contributed by atoms with Crippen molar-refractivity contribution in [2.45, 2.75) is 45.2 Å². The lowest BCUT2D eigenvalue weighted by atomic mass is 10.0. The molecule has 0 spiro atoms. The minimum atomic E-state index is -4.32. The van der Waals surface area contributed by atoms with Crippen LogP contribution in [0.3, 0.4) is 0 Å². The number of hydrogen-bond donors (Lipinski definition) is 2. The van der Waals surface area contributed by atoms with Gasteiger partial charge in [-0.3, -0.25) is 0 Å². The van der Waals surface area contributed by atoms with Gasteiger partial charge in [0, 0.05) is 18.7 Å². The van der Waals surface area contributed by atoms with E-state index in [-0.39, 0.29) is 6.42 Å². The smallest absolute Gasteiger partial charge is 0.311 e. The zero-order valence-corrected chi connectivity index (χ0v) is 12.4. The molecule has 0 saturated heterocycles. The number of alkyl halides is 3. The molecule has 0 atom stereocenters. The van der Waals surface area contributed by atoms with Crippen molar-refractivity contribution in [3.05, 3.63) is 35.4 Å². The molecule has 0 amide bonds. The number of unbranched alkanes of at least 4 members (excludes halogenated alkanes) is 3. The maximum atomic E-state index is 12.6. The lowest BCUT2D eigenvalue weighted by molar-refractivity contribution is -0.137. The molecule has 0 unspecified atom stereocenters. The highest BCUT2D eigenvalue weighted by molar-refractivity contribution is 5.85. The van der Waals surface area contributed by atoms with Gasteiger partial charge in [-0.15, -0.1) is 0 Å². The van der Waals surface area contributed by atoms with Gasteiger partial charge < -0.3 is 10.7 Å². The second kappa shape index (κ2) is 8.82. The van der Waals surface area contributed by atoms with Crippen molar-refractivity contribution in [2.24, 2.45) is 0 Å². The zero-order chi connectivity index (χ0) is 15.7. The van der Waals surface area contributed by atoms with Crippen LogP contribution in [0.25, 0.3) is 0 Å². The molecule has 2 nitrogen and oxygen atoms in total. The molecule has 0 aromatic heterocycles. The molecule has 0 aliphatic carbocycles. The normalized spacial score (nSPS) is 11.6. The molecule has 0 aliphatic heterocycles. The average Bonchev–Trinajstić information content (AvgIpc) is 2.42. The standard InChI is InChI=1S/C16H23F3N2/c1-2-3-4-5-9-21-12-15(20)11-13-7-6-8-14(10-13)16(17,18)19/h6-8,10,20-21H,2-5,9,11-12H2,1H3. The van der Waals surface area contributed by atoms with Crippen molar-refractivity contribution in [1.82, 2.24) is 5.32 Å². The highest BCUT2D eigenvalue weighted by atomic mass is 19.4. The van der Waals surface area contributed by atoms with Crippen molar-refractivity contribution >= 4 is 5.71 Å². The molecule has 0 saturated carbocycles. The van der Waals surface area contributed by atoms with Crippen LogP contribution in [0.4, 0.5) is 13.2 Å². The van der Waals surface area contributed by atoms with Gasteiger partial charge in [0.2, 0.25) is 0 Å². The summed E-state index contributed by atoms with van der Waals surface area (Å²) in [6.45, 7) is 3.44. The Morgan fingerprint density at radius 3 is 2.62 bits per heavy atom. The number of benzene rings is 1. The fourth-order valence-electron chi connectivity index (χ4n) is 2.08. The van der Waals surface area contributed by atoms with Crippen molar-refractivity contribution in [2.75, 3.05) is 13.1 Å². The summed E-state index contributed by atoms with van der Waals surface area (Å²) in [5, 5.41) is 11.0. The van der Waals surface area contributed by atoms with Crippen LogP contribution in [0.2, 0.25) is 0 Å². The van der Waals surface area contributed by atoms with Crippen molar-refractivity contribution in [3.63, 3.8) is 0 Å². The number of rotatable bonds is 9. The summed E-state index contributed by atoms with van der Waals surface area (Å²) in [6.07, 6.45) is 0.575. The van der Waals surface area contributed by atoms with Crippen LogP contribution in [0.15, 0.2) is 24.3 Å². The second-order valence-electron chi connectivity index (χ2n) is 5.22. The van der Waals surface area contributed by atoms with E-state index in [2.05, 4.69) is 12.2 Å². The minimum absolute atomic E-state index is 0.256. The van der Waals surface area contributed by atoms with Crippen molar-refractivity contribution in [1.29, 1.82) is 5.41 Å². The molecule has 0 bridgehead atoms. The monoisotopic (exact) mass is 300 g/mol. The SMILES string of the molecule is CCCCCCNCC(=N)Cc1cccc(C(F)(F)F)c1. The molecule has 0 aliphatic rings. The van der Waals surface area contributed by atoms with E-state index in [0.717, 1.165) is 25.1 Å². The first-order valence-corrected chi connectivity index (χ1v) is 7.36. The Bertz CT molecular complexity index is 441. The highest BCUT2D eigenvalue weighted by Crippen LogP contribution is 2.29. The summed E-state index contributed by atoms with van der Waals surface area (Å²) in [6, 6.07) is 5.20. The summed E-state index contributed by atoms with van der Waals surface area (Å²) in [7, 11) is 0. The summed E-state index contributed by atoms with van der Waals surface area (Å²) in [4.78, 5) is 0. The van der Waals surface area contributed by atoms with E-state index in [4.69, 9.17) is 5.41 Å². The lowest BCUT2D eigenvalue weighted by Crippen LogP contribution is -2.24. The number of nitrogens with one attached hydrogen (secondary N) is 2. The van der Waals surface area contributed by atoms with Gasteiger partial charge in [0.05, 0.1) is 5.56 Å². The molecule has 0 heterocycles. The van der Waals surface area contributed by atoms with Gasteiger partial charge in [-0.05, 0) is 24.6 Å². The third-order valence-corrected chi connectivity index (χ3v) is 3.22. The van der Waals surface area contributed by atoms with Gasteiger partial charge in [0.1, 0.15) is 0 Å². The molecular weight excluding hydrogens is 277 g/mol. The molecule has 21 heavy (non-hydrogen) atoms. The first-order chi connectivity index (χ1) is 9.93. The third-order valence-electron chi connectivity index (χ3n) is 3.22. The molecular formula is C16H23F3N2. The summed E-state index contributed by atoms with van der Waals surface area (Å²) >= 11 is 0. The van der Waals surface area contributed by atoms with E-state index in [0.29, 0.717) is 17.8 Å². The maximum absolute atomic E-state index is 12.6. The molecule has 118 valence electrons. The molecule has 0 fully saturated rings. The third kappa shape index (κ3) is 7.27. The number of hydrogen-bond acceptors (Lipinski definition) is 2. The van der Waals surface area contributed by atoms with Gasteiger partial charge in [0.25, 0.3) is 0 Å². The van der Waals surface area contributed by atoms with Crippen LogP contribution in [-0.2, 0) is 12.6 Å². The summed E-state index contributed by atoms with van der Waals surface area (Å²) < 4.78 is 37.8. The predicted octanol–water partition coefficient (Wildman–Crippen LogP) is 4.44. The predicted molar refractivity (Wildman–Crippen MR) is 79.9 cm³/mol. The topological polar surface area (TPSA) is 35.9 Å². The van der Waals surface area contributed by atoms with E-state index in [1.807, 2.05) is 0 Å². The fraction of sp³-hybridized carbons (Fsp3) is 0.562. The Kier molecular flexibility index (Phi) is 7.43. The van der Waals surface area contributed by atoms with E-state index in [1.54, 1.807) is 6.07 Å². The van der Waals surface area contributed by atoms with Crippen molar-refractivity contribution in [3.8, 4) is 0 Å². The lowest BCUT2D eigenvalue weighted by Gasteiger charge is -2.10. The van der Waals surface area contributed by atoms with Crippen LogP contribution in [-0.4, -0.2) is 18.8 Å². The van der Waals surface area contributed by atoms with E-state index in [9.17, 15) is 13.2 Å². The highest BCUT2D eigenvalue weighted by Gasteiger charge is 2.30. The zero-order valence-electron chi connectivity index (χ0n) is 12.4. The van der Waals surface area contributed by atoms with Crippen LogP contribution >= 0.6 is 0 Å². The maximum Gasteiger partial charge on any atom is 0.416 e. The van der Waals surface area contributed by atoms with Gasteiger partial charge in [-0.2, -0.15) is 13.2 Å². The van der Waals surface area contributed by atoms with Gasteiger partial charge >= 0.3 is 6.18 Å². The van der Waals surface area contributed by atoms with Crippen molar-refractivity contribution < 1.29 is 13.2 Å². The quantitative estimate of drug-likeness (QED) is 0.513. The second-order valence-corrected chi connectivity index (χ2v) is 5.22. The fourth-order valence-corrected chi connectivity index (χ4v) is 2.08. The Balaban J connectivity index is 2.35. The van der Waals surface area contributed by atoms with E-state index >= 15 is 0 Å². The number of halogens is 3. The minimum Gasteiger partial charge on any atom is -0.311 e. The Morgan fingerprint density at radius 1 is 1.19 bits per heavy atom. The van der Waals surface area contributed by atoms with Crippen LogP contribution in [0.5, 0.6) is 0 Å². The van der Waals surface area contributed by atoms with E-state index < -0.39 is 11.7 Å². The van der Waals surface area contributed by atoms with Gasteiger partial charge in [-0.1, -0.05) is 44.4 Å².